The highest BCUT2D eigenvalue weighted by Gasteiger charge is 1.97. The van der Waals surface area contributed by atoms with Crippen LogP contribution in [0.5, 0.6) is 0 Å². The Bertz CT molecular complexity index is 414. The molecule has 6 heteroatoms. The molecule has 2 aromatic heterocycles. The molecule has 78 valence electrons. The number of hydrogen-bond donors (Lipinski definition) is 1. The Morgan fingerprint density at radius 3 is 2.87 bits per heavy atom. The lowest BCUT2D eigenvalue weighted by Gasteiger charge is -2.07. The molecule has 0 bridgehead atoms. The molecule has 0 atom stereocenters. The molecule has 2 aromatic rings. The van der Waals surface area contributed by atoms with Gasteiger partial charge in [-0.15, -0.1) is 10.2 Å². The quantitative estimate of drug-likeness (QED) is 0.914. The van der Waals surface area contributed by atoms with Crippen LogP contribution >= 0.6 is 15.9 Å². The smallest absolute Gasteiger partial charge is 0.119 e. The Morgan fingerprint density at radius 2 is 2.13 bits per heavy atom. The van der Waals surface area contributed by atoms with Crippen LogP contribution in [0.2, 0.25) is 0 Å². The van der Waals surface area contributed by atoms with Gasteiger partial charge in [0.15, 0.2) is 0 Å². The summed E-state index contributed by atoms with van der Waals surface area (Å²) in [7, 11) is 0. The summed E-state index contributed by atoms with van der Waals surface area (Å²) in [6.07, 6.45) is 6.92. The maximum absolute atomic E-state index is 3.99. The van der Waals surface area contributed by atoms with E-state index in [1.165, 1.54) is 0 Å². The minimum Gasteiger partial charge on any atom is -0.382 e. The van der Waals surface area contributed by atoms with Crippen molar-refractivity contribution in [3.63, 3.8) is 0 Å². The highest BCUT2D eigenvalue weighted by molar-refractivity contribution is 9.10. The summed E-state index contributed by atoms with van der Waals surface area (Å²) in [4.78, 5) is 3.99. The number of nitrogens with zero attached hydrogens (tertiary/aromatic N) is 4. The average Bonchev–Trinajstić information content (AvgIpc) is 2.74. The summed E-state index contributed by atoms with van der Waals surface area (Å²) in [5.41, 5.74) is 1.04. The molecule has 0 aliphatic carbocycles. The van der Waals surface area contributed by atoms with E-state index in [9.17, 15) is 0 Å². The third kappa shape index (κ3) is 2.76. The average molecular weight is 268 g/mol. The molecule has 1 N–H and O–H groups in total. The third-order valence-electron chi connectivity index (χ3n) is 1.92. The molecule has 0 spiro atoms. The van der Waals surface area contributed by atoms with Gasteiger partial charge in [-0.2, -0.15) is 0 Å². The van der Waals surface area contributed by atoms with Gasteiger partial charge in [0.05, 0.1) is 10.2 Å². The first-order valence-electron chi connectivity index (χ1n) is 4.52. The number of nitrogens with one attached hydrogen (secondary N) is 1. The van der Waals surface area contributed by atoms with Gasteiger partial charge in [-0.3, -0.25) is 4.98 Å². The van der Waals surface area contributed by atoms with Crippen molar-refractivity contribution in [3.8, 4) is 0 Å². The minimum absolute atomic E-state index is 0.820. The second-order valence-corrected chi connectivity index (χ2v) is 3.84. The molecule has 0 saturated heterocycles. The molecule has 0 radical (unpaired) electrons. The van der Waals surface area contributed by atoms with Gasteiger partial charge < -0.3 is 9.88 Å². The van der Waals surface area contributed by atoms with Crippen molar-refractivity contribution in [1.29, 1.82) is 0 Å². The summed E-state index contributed by atoms with van der Waals surface area (Å²) in [5.74, 6) is 0. The molecule has 0 unspecified atom stereocenters. The largest absolute Gasteiger partial charge is 0.382 e. The van der Waals surface area contributed by atoms with Crippen molar-refractivity contribution in [2.24, 2.45) is 0 Å². The number of anilines is 1. The zero-order valence-corrected chi connectivity index (χ0v) is 9.55. The molecule has 0 saturated carbocycles. The second-order valence-electron chi connectivity index (χ2n) is 2.98. The molecule has 5 nitrogen and oxygen atoms in total. The predicted molar refractivity (Wildman–Crippen MR) is 60.4 cm³/mol. The topological polar surface area (TPSA) is 55.6 Å². The summed E-state index contributed by atoms with van der Waals surface area (Å²) in [6.45, 7) is 1.66. The van der Waals surface area contributed by atoms with Crippen LogP contribution in [0.1, 0.15) is 0 Å². The first-order chi connectivity index (χ1) is 7.36. The molecule has 0 aromatic carbocycles. The first-order valence-corrected chi connectivity index (χ1v) is 5.31. The monoisotopic (exact) mass is 267 g/mol. The van der Waals surface area contributed by atoms with E-state index >= 15 is 0 Å². The summed E-state index contributed by atoms with van der Waals surface area (Å²) in [6, 6.07) is 1.93. The van der Waals surface area contributed by atoms with Crippen LogP contribution in [-0.2, 0) is 6.54 Å². The van der Waals surface area contributed by atoms with Crippen molar-refractivity contribution < 1.29 is 0 Å². The number of rotatable bonds is 4. The molecular weight excluding hydrogens is 258 g/mol. The Labute approximate surface area is 95.7 Å². The van der Waals surface area contributed by atoms with Crippen LogP contribution in [0.4, 0.5) is 5.69 Å². The molecule has 0 fully saturated rings. The Balaban J connectivity index is 1.86. The fourth-order valence-electron chi connectivity index (χ4n) is 1.18. The van der Waals surface area contributed by atoms with Crippen molar-refractivity contribution in [3.05, 3.63) is 35.6 Å². The summed E-state index contributed by atoms with van der Waals surface area (Å²) >= 11 is 3.42. The zero-order valence-electron chi connectivity index (χ0n) is 7.97. The zero-order chi connectivity index (χ0) is 10.5. The number of pyridine rings is 1. The first kappa shape index (κ1) is 10.1. The third-order valence-corrected chi connectivity index (χ3v) is 2.56. The summed E-state index contributed by atoms with van der Waals surface area (Å²) < 4.78 is 2.89. The van der Waals surface area contributed by atoms with Gasteiger partial charge >= 0.3 is 0 Å². The van der Waals surface area contributed by atoms with Crippen molar-refractivity contribution in [2.45, 2.75) is 6.54 Å². The highest BCUT2D eigenvalue weighted by atomic mass is 79.9. The van der Waals surface area contributed by atoms with Gasteiger partial charge in [-0.25, -0.2) is 0 Å². The van der Waals surface area contributed by atoms with Crippen LogP contribution < -0.4 is 5.32 Å². The van der Waals surface area contributed by atoms with Gasteiger partial charge in [0.25, 0.3) is 0 Å². The standard InChI is InChI=1S/C9H10BrN5/c10-8-5-11-2-1-9(8)12-3-4-15-6-13-14-7-15/h1-2,5-7H,3-4H2,(H,11,12). The number of halogens is 1. The lowest BCUT2D eigenvalue weighted by molar-refractivity contribution is 0.724. The van der Waals surface area contributed by atoms with E-state index in [1.807, 2.05) is 10.6 Å². The van der Waals surface area contributed by atoms with Crippen molar-refractivity contribution in [2.75, 3.05) is 11.9 Å². The molecule has 0 aliphatic heterocycles. The Hall–Kier alpha value is -1.43. The molecule has 15 heavy (non-hydrogen) atoms. The molecule has 2 rings (SSSR count). The fraction of sp³-hybridized carbons (Fsp3) is 0.222. The van der Waals surface area contributed by atoms with E-state index in [4.69, 9.17) is 0 Å². The normalized spacial score (nSPS) is 10.2. The Kier molecular flexibility index (Phi) is 3.29. The van der Waals surface area contributed by atoms with Crippen LogP contribution in [0, 0.1) is 0 Å². The second kappa shape index (κ2) is 4.88. The van der Waals surface area contributed by atoms with Gasteiger partial charge in [0.2, 0.25) is 0 Å². The van der Waals surface area contributed by atoms with Gasteiger partial charge in [-0.1, -0.05) is 0 Å². The predicted octanol–water partition coefficient (Wildman–Crippen LogP) is 1.55. The maximum atomic E-state index is 3.99. The van der Waals surface area contributed by atoms with Crippen LogP contribution in [0.15, 0.2) is 35.6 Å². The highest BCUT2D eigenvalue weighted by Crippen LogP contribution is 2.19. The van der Waals surface area contributed by atoms with E-state index in [2.05, 4.69) is 36.4 Å². The van der Waals surface area contributed by atoms with Gasteiger partial charge in [0, 0.05) is 25.5 Å². The van der Waals surface area contributed by atoms with Crippen LogP contribution in [0.25, 0.3) is 0 Å². The van der Waals surface area contributed by atoms with Crippen LogP contribution in [-0.4, -0.2) is 26.3 Å². The van der Waals surface area contributed by atoms with Crippen molar-refractivity contribution in [1.82, 2.24) is 19.7 Å². The van der Waals surface area contributed by atoms with E-state index in [0.29, 0.717) is 0 Å². The Morgan fingerprint density at radius 1 is 1.33 bits per heavy atom. The van der Waals surface area contributed by atoms with E-state index in [-0.39, 0.29) is 0 Å². The lowest BCUT2D eigenvalue weighted by Crippen LogP contribution is -2.09. The summed E-state index contributed by atoms with van der Waals surface area (Å²) in [5, 5.41) is 10.8. The van der Waals surface area contributed by atoms with Gasteiger partial charge in [-0.05, 0) is 22.0 Å². The number of hydrogen-bond acceptors (Lipinski definition) is 4. The fourth-order valence-corrected chi connectivity index (χ4v) is 1.57. The minimum atomic E-state index is 0.820. The molecule has 2 heterocycles. The van der Waals surface area contributed by atoms with E-state index < -0.39 is 0 Å². The van der Waals surface area contributed by atoms with Crippen LogP contribution in [0.3, 0.4) is 0 Å². The SMILES string of the molecule is Brc1cnccc1NCCn1cnnc1. The lowest BCUT2D eigenvalue weighted by atomic mass is 10.4. The van der Waals surface area contributed by atoms with Gasteiger partial charge in [0.1, 0.15) is 12.7 Å². The van der Waals surface area contributed by atoms with E-state index in [0.717, 1.165) is 23.2 Å². The molecule has 0 aliphatic rings. The maximum Gasteiger partial charge on any atom is 0.119 e. The van der Waals surface area contributed by atoms with Crippen molar-refractivity contribution >= 4 is 21.6 Å². The number of aromatic nitrogens is 4. The van der Waals surface area contributed by atoms with E-state index in [1.54, 1.807) is 25.0 Å². The molecule has 0 amide bonds. The molecular formula is C9H10BrN5.